The Hall–Kier alpha value is -0.930. The maximum Gasteiger partial charge on any atom is 0.151 e. The van der Waals surface area contributed by atoms with Crippen LogP contribution in [0, 0.1) is 5.82 Å². The molecule has 1 rings (SSSR count). The van der Waals surface area contributed by atoms with Gasteiger partial charge in [-0.25, -0.2) is 4.39 Å². The van der Waals surface area contributed by atoms with Crippen LogP contribution in [0.25, 0.3) is 0 Å². The molecule has 1 N–H and O–H groups in total. The highest BCUT2D eigenvalue weighted by Gasteiger charge is 2.22. The highest BCUT2D eigenvalue weighted by Crippen LogP contribution is 2.21. The maximum absolute atomic E-state index is 13.3. The molecule has 4 heteroatoms. The van der Waals surface area contributed by atoms with Gasteiger partial charge in [0.15, 0.2) is 6.29 Å². The first-order valence-corrected chi connectivity index (χ1v) is 4.46. The second kappa shape index (κ2) is 4.07. The minimum absolute atomic E-state index is 0.0100. The van der Waals surface area contributed by atoms with Gasteiger partial charge in [0.2, 0.25) is 0 Å². The molecule has 0 aliphatic heterocycles. The predicted molar refractivity (Wildman–Crippen MR) is 51.8 cm³/mol. The Kier molecular flexibility index (Phi) is 3.24. The summed E-state index contributed by atoms with van der Waals surface area (Å²) in [4.78, 5) is 10.4. The van der Waals surface area contributed by atoms with Crippen LogP contribution in [0.1, 0.15) is 12.5 Å². The second-order valence-corrected chi connectivity index (χ2v) is 3.77. The van der Waals surface area contributed by atoms with Gasteiger partial charge in [0.25, 0.3) is 0 Å². The van der Waals surface area contributed by atoms with Crippen molar-refractivity contribution in [3.8, 4) is 0 Å². The monoisotopic (exact) mass is 216 g/mol. The first-order chi connectivity index (χ1) is 6.46. The van der Waals surface area contributed by atoms with E-state index in [2.05, 4.69) is 0 Å². The van der Waals surface area contributed by atoms with Gasteiger partial charge in [-0.2, -0.15) is 0 Å². The molecule has 1 aromatic carbocycles. The molecule has 0 saturated heterocycles. The molecule has 0 heterocycles. The van der Waals surface area contributed by atoms with Crippen LogP contribution in [0.2, 0.25) is 5.02 Å². The number of halogens is 2. The standard InChI is InChI=1S/C10H10ClFO2/c1-10(14,6-13)5-7-3-2-4-8(11)9(7)12/h2-4,6,14H,5H2,1H3. The van der Waals surface area contributed by atoms with Gasteiger partial charge in [-0.15, -0.1) is 0 Å². The smallest absolute Gasteiger partial charge is 0.151 e. The molecule has 0 aromatic heterocycles. The molecule has 76 valence electrons. The zero-order chi connectivity index (χ0) is 10.8. The van der Waals surface area contributed by atoms with Crippen LogP contribution in [0.3, 0.4) is 0 Å². The molecule has 0 amide bonds. The normalized spacial score (nSPS) is 14.9. The highest BCUT2D eigenvalue weighted by molar-refractivity contribution is 6.30. The van der Waals surface area contributed by atoms with E-state index in [4.69, 9.17) is 11.6 Å². The molecule has 0 fully saturated rings. The lowest BCUT2D eigenvalue weighted by Gasteiger charge is -2.15. The zero-order valence-electron chi connectivity index (χ0n) is 7.63. The molecule has 1 aromatic rings. The number of aldehydes is 1. The fraction of sp³-hybridized carbons (Fsp3) is 0.300. The SMILES string of the molecule is CC(O)(C=O)Cc1cccc(Cl)c1F. The van der Waals surface area contributed by atoms with Gasteiger partial charge in [0.05, 0.1) is 5.02 Å². The quantitative estimate of drug-likeness (QED) is 0.785. The number of rotatable bonds is 3. The minimum Gasteiger partial charge on any atom is -0.382 e. The largest absolute Gasteiger partial charge is 0.382 e. The van der Waals surface area contributed by atoms with E-state index in [1.54, 1.807) is 6.07 Å². The van der Waals surface area contributed by atoms with E-state index < -0.39 is 11.4 Å². The Morgan fingerprint density at radius 1 is 1.64 bits per heavy atom. The lowest BCUT2D eigenvalue weighted by Crippen LogP contribution is -2.29. The Morgan fingerprint density at radius 3 is 2.86 bits per heavy atom. The van der Waals surface area contributed by atoms with Crippen molar-refractivity contribution in [1.82, 2.24) is 0 Å². The molecular weight excluding hydrogens is 207 g/mol. The molecule has 0 aliphatic carbocycles. The Balaban J connectivity index is 2.98. The Morgan fingerprint density at radius 2 is 2.29 bits per heavy atom. The van der Waals surface area contributed by atoms with Crippen molar-refractivity contribution in [2.45, 2.75) is 18.9 Å². The number of aliphatic hydroxyl groups is 1. The van der Waals surface area contributed by atoms with Crippen molar-refractivity contribution in [3.05, 3.63) is 34.6 Å². The molecule has 0 spiro atoms. The van der Waals surface area contributed by atoms with Crippen molar-refractivity contribution in [2.24, 2.45) is 0 Å². The summed E-state index contributed by atoms with van der Waals surface area (Å²) in [5.41, 5.74) is -1.32. The van der Waals surface area contributed by atoms with E-state index in [9.17, 15) is 14.3 Å². The summed E-state index contributed by atoms with van der Waals surface area (Å²) in [6.45, 7) is 1.32. The first kappa shape index (κ1) is 11.1. The van der Waals surface area contributed by atoms with Crippen molar-refractivity contribution >= 4 is 17.9 Å². The van der Waals surface area contributed by atoms with Gasteiger partial charge >= 0.3 is 0 Å². The van der Waals surface area contributed by atoms with Gasteiger partial charge in [-0.1, -0.05) is 23.7 Å². The molecule has 0 radical (unpaired) electrons. The summed E-state index contributed by atoms with van der Waals surface area (Å²) < 4.78 is 13.3. The van der Waals surface area contributed by atoms with Crippen LogP contribution in [-0.4, -0.2) is 17.0 Å². The van der Waals surface area contributed by atoms with Crippen LogP contribution in [0.5, 0.6) is 0 Å². The number of hydrogen-bond acceptors (Lipinski definition) is 2. The van der Waals surface area contributed by atoms with Gasteiger partial charge in [0.1, 0.15) is 11.4 Å². The zero-order valence-corrected chi connectivity index (χ0v) is 8.38. The van der Waals surface area contributed by atoms with E-state index in [0.29, 0.717) is 6.29 Å². The van der Waals surface area contributed by atoms with E-state index >= 15 is 0 Å². The van der Waals surface area contributed by atoms with E-state index in [1.165, 1.54) is 19.1 Å². The summed E-state index contributed by atoms with van der Waals surface area (Å²) in [6.07, 6.45) is 0.302. The highest BCUT2D eigenvalue weighted by atomic mass is 35.5. The molecule has 0 saturated carbocycles. The summed E-state index contributed by atoms with van der Waals surface area (Å²) in [5, 5.41) is 9.40. The third kappa shape index (κ3) is 2.53. The number of carbonyl (C=O) groups excluding carboxylic acids is 1. The predicted octanol–water partition coefficient (Wildman–Crippen LogP) is 1.97. The van der Waals surface area contributed by atoms with Crippen molar-refractivity contribution < 1.29 is 14.3 Å². The van der Waals surface area contributed by atoms with Crippen LogP contribution >= 0.6 is 11.6 Å². The fourth-order valence-electron chi connectivity index (χ4n) is 1.11. The van der Waals surface area contributed by atoms with E-state index in [0.717, 1.165) is 0 Å². The molecular formula is C10H10ClFO2. The van der Waals surface area contributed by atoms with Gasteiger partial charge in [-0.3, -0.25) is 0 Å². The molecule has 14 heavy (non-hydrogen) atoms. The molecule has 0 bridgehead atoms. The molecule has 1 atom stereocenters. The lowest BCUT2D eigenvalue weighted by atomic mass is 9.98. The Labute approximate surface area is 86.3 Å². The van der Waals surface area contributed by atoms with E-state index in [1.807, 2.05) is 0 Å². The average molecular weight is 217 g/mol. The molecule has 2 nitrogen and oxygen atoms in total. The van der Waals surface area contributed by atoms with Crippen LogP contribution in [-0.2, 0) is 11.2 Å². The van der Waals surface area contributed by atoms with Gasteiger partial charge in [0, 0.05) is 6.42 Å². The number of benzene rings is 1. The third-order valence-corrected chi connectivity index (χ3v) is 2.13. The molecule has 1 unspecified atom stereocenters. The van der Waals surface area contributed by atoms with Crippen molar-refractivity contribution in [2.75, 3.05) is 0 Å². The van der Waals surface area contributed by atoms with Gasteiger partial charge < -0.3 is 9.90 Å². The first-order valence-electron chi connectivity index (χ1n) is 4.08. The Bertz CT molecular complexity index is 350. The van der Waals surface area contributed by atoms with Crippen molar-refractivity contribution in [1.29, 1.82) is 0 Å². The van der Waals surface area contributed by atoms with Crippen molar-refractivity contribution in [3.63, 3.8) is 0 Å². The summed E-state index contributed by atoms with van der Waals surface area (Å²) in [7, 11) is 0. The summed E-state index contributed by atoms with van der Waals surface area (Å²) in [5.74, 6) is -0.587. The van der Waals surface area contributed by atoms with Crippen LogP contribution < -0.4 is 0 Å². The summed E-state index contributed by atoms with van der Waals surface area (Å²) >= 11 is 5.54. The third-order valence-electron chi connectivity index (χ3n) is 1.83. The maximum atomic E-state index is 13.3. The van der Waals surface area contributed by atoms with E-state index in [-0.39, 0.29) is 17.0 Å². The molecule has 0 aliphatic rings. The lowest BCUT2D eigenvalue weighted by molar-refractivity contribution is -0.122. The average Bonchev–Trinajstić information content (AvgIpc) is 2.13. The fourth-order valence-corrected chi connectivity index (χ4v) is 1.31. The number of carbonyl (C=O) groups is 1. The van der Waals surface area contributed by atoms with Crippen LogP contribution in [0.4, 0.5) is 4.39 Å². The van der Waals surface area contributed by atoms with Crippen LogP contribution in [0.15, 0.2) is 18.2 Å². The summed E-state index contributed by atoms with van der Waals surface area (Å²) in [6, 6.07) is 4.47. The number of hydrogen-bond donors (Lipinski definition) is 1. The van der Waals surface area contributed by atoms with Gasteiger partial charge in [-0.05, 0) is 18.6 Å². The minimum atomic E-state index is -1.55. The second-order valence-electron chi connectivity index (χ2n) is 3.36. The topological polar surface area (TPSA) is 37.3 Å².